The van der Waals surface area contributed by atoms with Crippen molar-refractivity contribution < 1.29 is 9.13 Å². The van der Waals surface area contributed by atoms with E-state index in [2.05, 4.69) is 18.5 Å². The van der Waals surface area contributed by atoms with Gasteiger partial charge in [-0.15, -0.1) is 11.3 Å². The number of aryl methyl sites for hydroxylation is 1. The van der Waals surface area contributed by atoms with E-state index >= 15 is 0 Å². The molecule has 1 heterocycles. The molecule has 0 aliphatic heterocycles. The van der Waals surface area contributed by atoms with Crippen LogP contribution < -0.4 is 4.74 Å². The van der Waals surface area contributed by atoms with E-state index in [-0.39, 0.29) is 0 Å². The van der Waals surface area contributed by atoms with E-state index in [4.69, 9.17) is 16.3 Å². The van der Waals surface area contributed by atoms with E-state index < -0.39 is 6.01 Å². The summed E-state index contributed by atoms with van der Waals surface area (Å²) in [6.45, 7) is 5.14. The third-order valence-electron chi connectivity index (χ3n) is 2.29. The van der Waals surface area contributed by atoms with E-state index in [9.17, 15) is 4.39 Å². The van der Waals surface area contributed by atoms with Crippen LogP contribution in [-0.2, 0) is 6.42 Å². The Kier molecular flexibility index (Phi) is 3.99. The monoisotopic (exact) mass is 283 g/mol. The van der Waals surface area contributed by atoms with Gasteiger partial charge in [-0.2, -0.15) is 4.39 Å². The van der Waals surface area contributed by atoms with Crippen molar-refractivity contribution in [1.29, 1.82) is 0 Å². The predicted molar refractivity (Wildman–Crippen MR) is 72.8 cm³/mol. The van der Waals surface area contributed by atoms with Crippen molar-refractivity contribution in [2.45, 2.75) is 13.3 Å². The van der Waals surface area contributed by atoms with Crippen molar-refractivity contribution in [3.63, 3.8) is 0 Å². The van der Waals surface area contributed by atoms with Gasteiger partial charge in [-0.05, 0) is 31.2 Å². The van der Waals surface area contributed by atoms with Crippen LogP contribution in [-0.4, -0.2) is 4.98 Å². The first-order valence-electron chi connectivity index (χ1n) is 5.37. The highest BCUT2D eigenvalue weighted by Gasteiger charge is 2.12. The van der Waals surface area contributed by atoms with Gasteiger partial charge in [-0.1, -0.05) is 18.5 Å². The maximum Gasteiger partial charge on any atom is 0.270 e. The van der Waals surface area contributed by atoms with Gasteiger partial charge in [0.2, 0.25) is 0 Å². The van der Waals surface area contributed by atoms with Gasteiger partial charge in [0.1, 0.15) is 10.8 Å². The van der Waals surface area contributed by atoms with Gasteiger partial charge in [0.05, 0.1) is 5.56 Å². The highest BCUT2D eigenvalue weighted by molar-refractivity contribution is 7.15. The van der Waals surface area contributed by atoms with Crippen molar-refractivity contribution in [2.75, 3.05) is 0 Å². The Bertz CT molecular complexity index is 582. The molecule has 0 aliphatic rings. The van der Waals surface area contributed by atoms with Gasteiger partial charge < -0.3 is 4.74 Å². The fourth-order valence-corrected chi connectivity index (χ4v) is 2.52. The second-order valence-electron chi connectivity index (χ2n) is 3.58. The topological polar surface area (TPSA) is 22.1 Å². The molecule has 0 aliphatic carbocycles. The van der Waals surface area contributed by atoms with Crippen LogP contribution in [0.15, 0.2) is 37.0 Å². The zero-order valence-electron chi connectivity index (χ0n) is 9.74. The Morgan fingerprint density at radius 2 is 2.33 bits per heavy atom. The van der Waals surface area contributed by atoms with Crippen molar-refractivity contribution in [3.8, 4) is 16.3 Å². The van der Waals surface area contributed by atoms with Gasteiger partial charge in [0.25, 0.3) is 6.01 Å². The van der Waals surface area contributed by atoms with Gasteiger partial charge in [0.15, 0.2) is 0 Å². The van der Waals surface area contributed by atoms with E-state index in [0.29, 0.717) is 16.3 Å². The van der Waals surface area contributed by atoms with Crippen molar-refractivity contribution in [2.24, 2.45) is 0 Å². The second kappa shape index (κ2) is 5.50. The third kappa shape index (κ3) is 2.89. The Labute approximate surface area is 114 Å². The Morgan fingerprint density at radius 1 is 1.56 bits per heavy atom. The fraction of sp³-hybridized carbons (Fsp3) is 0.154. The molecule has 0 radical (unpaired) electrons. The molecule has 2 nitrogen and oxygen atoms in total. The average molecular weight is 284 g/mol. The molecule has 5 heteroatoms. The number of halogens is 2. The summed E-state index contributed by atoms with van der Waals surface area (Å²) in [6, 6.07) is 4.09. The minimum absolute atomic E-state index is 0.365. The number of benzene rings is 1. The summed E-state index contributed by atoms with van der Waals surface area (Å²) in [6.07, 6.45) is 2.71. The lowest BCUT2D eigenvalue weighted by molar-refractivity contribution is 0.306. The zero-order valence-corrected chi connectivity index (χ0v) is 11.3. The molecule has 0 amide bonds. The molecule has 0 spiro atoms. The summed E-state index contributed by atoms with van der Waals surface area (Å²) >= 11 is 7.48. The number of aromatic nitrogens is 1. The summed E-state index contributed by atoms with van der Waals surface area (Å²) in [5, 5.41) is 1.31. The maximum atomic E-state index is 12.8. The molecule has 0 saturated heterocycles. The minimum Gasteiger partial charge on any atom is -0.431 e. The molecule has 0 unspecified atom stereocenters. The molecule has 1 aromatic carbocycles. The number of nitrogens with zero attached hydrogens (tertiary/aromatic N) is 1. The molecule has 1 aromatic heterocycles. The van der Waals surface area contributed by atoms with Crippen molar-refractivity contribution in [1.82, 2.24) is 4.98 Å². The standard InChI is InChI=1S/C13H11ClFNOS/c1-3-10-7-16-13(18-10)11-6-9(14)4-5-12(11)17-8(2)15/h4-7H,2-3H2,1H3. The maximum absolute atomic E-state index is 12.8. The second-order valence-corrected chi connectivity index (χ2v) is 5.13. The van der Waals surface area contributed by atoms with Crippen LogP contribution in [0.4, 0.5) is 4.39 Å². The highest BCUT2D eigenvalue weighted by atomic mass is 35.5. The minimum atomic E-state index is -0.856. The van der Waals surface area contributed by atoms with Crippen LogP contribution in [0.5, 0.6) is 5.75 Å². The fourth-order valence-electron chi connectivity index (χ4n) is 1.47. The summed E-state index contributed by atoms with van der Waals surface area (Å²) in [4.78, 5) is 5.44. The Hall–Kier alpha value is -1.39. The summed E-state index contributed by atoms with van der Waals surface area (Å²) in [7, 11) is 0. The lowest BCUT2D eigenvalue weighted by Gasteiger charge is -2.07. The predicted octanol–water partition coefficient (Wildman–Crippen LogP) is 4.85. The number of hydrogen-bond donors (Lipinski definition) is 0. The first kappa shape index (κ1) is 13.1. The van der Waals surface area contributed by atoms with Crippen LogP contribution in [0.3, 0.4) is 0 Å². The molecule has 0 saturated carbocycles. The van der Waals surface area contributed by atoms with Crippen LogP contribution in [0.1, 0.15) is 11.8 Å². The number of thiazole rings is 1. The Morgan fingerprint density at radius 3 is 2.94 bits per heavy atom. The molecule has 0 N–H and O–H groups in total. The number of rotatable bonds is 4. The molecular formula is C13H11ClFNOS. The first-order chi connectivity index (χ1) is 8.60. The van der Waals surface area contributed by atoms with Gasteiger partial charge >= 0.3 is 0 Å². The lowest BCUT2D eigenvalue weighted by Crippen LogP contribution is -1.90. The zero-order chi connectivity index (χ0) is 13.1. The van der Waals surface area contributed by atoms with Crippen LogP contribution in [0.2, 0.25) is 5.02 Å². The number of hydrogen-bond acceptors (Lipinski definition) is 3. The summed E-state index contributed by atoms with van der Waals surface area (Å²) in [5.41, 5.74) is 0.672. The van der Waals surface area contributed by atoms with Gasteiger partial charge in [-0.25, -0.2) is 4.98 Å². The molecule has 18 heavy (non-hydrogen) atoms. The van der Waals surface area contributed by atoms with E-state index in [0.717, 1.165) is 16.3 Å². The normalized spacial score (nSPS) is 10.4. The molecule has 0 bridgehead atoms. The first-order valence-corrected chi connectivity index (χ1v) is 6.56. The molecule has 0 atom stereocenters. The van der Waals surface area contributed by atoms with Crippen LogP contribution in [0, 0.1) is 0 Å². The number of ether oxygens (including phenoxy) is 1. The van der Waals surface area contributed by atoms with E-state index in [1.54, 1.807) is 24.4 Å². The molecule has 0 fully saturated rings. The van der Waals surface area contributed by atoms with Crippen LogP contribution >= 0.6 is 22.9 Å². The van der Waals surface area contributed by atoms with Crippen molar-refractivity contribution in [3.05, 3.63) is 46.9 Å². The van der Waals surface area contributed by atoms with E-state index in [1.165, 1.54) is 11.3 Å². The molecular weight excluding hydrogens is 273 g/mol. The SMILES string of the molecule is C=C(F)Oc1ccc(Cl)cc1-c1ncc(CC)s1. The molecule has 2 rings (SSSR count). The highest BCUT2D eigenvalue weighted by Crippen LogP contribution is 2.36. The Balaban J connectivity index is 2.46. The summed E-state index contributed by atoms with van der Waals surface area (Å²) in [5.74, 6) is 0.365. The largest absolute Gasteiger partial charge is 0.431 e. The molecule has 2 aromatic rings. The van der Waals surface area contributed by atoms with Crippen molar-refractivity contribution >= 4 is 22.9 Å². The van der Waals surface area contributed by atoms with E-state index in [1.807, 2.05) is 0 Å². The summed E-state index contributed by atoms with van der Waals surface area (Å²) < 4.78 is 17.7. The lowest BCUT2D eigenvalue weighted by atomic mass is 10.2. The smallest absolute Gasteiger partial charge is 0.270 e. The quantitative estimate of drug-likeness (QED) is 0.749. The molecule has 94 valence electrons. The van der Waals surface area contributed by atoms with Gasteiger partial charge in [0, 0.05) is 16.1 Å². The average Bonchev–Trinajstić information content (AvgIpc) is 2.79. The van der Waals surface area contributed by atoms with Crippen LogP contribution in [0.25, 0.3) is 10.6 Å². The van der Waals surface area contributed by atoms with Gasteiger partial charge in [-0.3, -0.25) is 0 Å². The third-order valence-corrected chi connectivity index (χ3v) is 3.70.